The standard InChI is InChI=1S/C11H16N2O/c14-7-10-3-1-2-9-6-12-11(13(9)10)8-4-5-8/h6,8,10,14H,1-5,7H2. The SMILES string of the molecule is OCC1CCCc2cnc(C3CC3)n21. The van der Waals surface area contributed by atoms with E-state index in [2.05, 4.69) is 9.55 Å². The van der Waals surface area contributed by atoms with Crippen molar-refractivity contribution in [2.24, 2.45) is 0 Å². The Kier molecular flexibility index (Phi) is 1.87. The molecular weight excluding hydrogens is 176 g/mol. The third kappa shape index (κ3) is 1.19. The zero-order valence-electron chi connectivity index (χ0n) is 8.32. The molecule has 0 amide bonds. The Labute approximate surface area is 83.8 Å². The summed E-state index contributed by atoms with van der Waals surface area (Å²) >= 11 is 0. The first-order valence-corrected chi connectivity index (χ1v) is 5.57. The zero-order chi connectivity index (χ0) is 9.54. The molecule has 0 saturated heterocycles. The van der Waals surface area contributed by atoms with Crippen molar-refractivity contribution in [2.75, 3.05) is 6.61 Å². The molecule has 2 heterocycles. The molecule has 0 aromatic carbocycles. The third-order valence-corrected chi connectivity index (χ3v) is 3.39. The van der Waals surface area contributed by atoms with Gasteiger partial charge in [-0.05, 0) is 32.1 Å². The number of rotatable bonds is 2. The quantitative estimate of drug-likeness (QED) is 0.773. The number of hydrogen-bond donors (Lipinski definition) is 1. The van der Waals surface area contributed by atoms with E-state index in [0.29, 0.717) is 12.0 Å². The molecule has 1 aliphatic carbocycles. The summed E-state index contributed by atoms with van der Waals surface area (Å²) in [5, 5.41) is 9.33. The number of hydrogen-bond acceptors (Lipinski definition) is 2. The van der Waals surface area contributed by atoms with Crippen LogP contribution in [0.1, 0.15) is 49.2 Å². The van der Waals surface area contributed by atoms with E-state index < -0.39 is 0 Å². The summed E-state index contributed by atoms with van der Waals surface area (Å²) in [5.74, 6) is 1.93. The number of aryl methyl sites for hydroxylation is 1. The van der Waals surface area contributed by atoms with E-state index >= 15 is 0 Å². The number of fused-ring (bicyclic) bond motifs is 1. The molecule has 2 aliphatic rings. The number of aliphatic hydroxyl groups excluding tert-OH is 1. The summed E-state index contributed by atoms with van der Waals surface area (Å²) in [4.78, 5) is 4.51. The van der Waals surface area contributed by atoms with Crippen LogP contribution in [0, 0.1) is 0 Å². The maximum Gasteiger partial charge on any atom is 0.112 e. The van der Waals surface area contributed by atoms with Crippen LogP contribution in [0.5, 0.6) is 0 Å². The fourth-order valence-corrected chi connectivity index (χ4v) is 2.48. The molecular formula is C11H16N2O. The molecule has 3 heteroatoms. The Bertz CT molecular complexity index is 341. The first kappa shape index (κ1) is 8.48. The Hall–Kier alpha value is -0.830. The van der Waals surface area contributed by atoms with Crippen molar-refractivity contribution in [3.63, 3.8) is 0 Å². The van der Waals surface area contributed by atoms with Gasteiger partial charge in [-0.25, -0.2) is 4.98 Å². The Balaban J connectivity index is 2.02. The summed E-state index contributed by atoms with van der Waals surface area (Å²) < 4.78 is 2.31. The molecule has 1 aromatic rings. The second-order valence-corrected chi connectivity index (χ2v) is 4.48. The summed E-state index contributed by atoms with van der Waals surface area (Å²) in [7, 11) is 0. The minimum absolute atomic E-state index is 0.267. The van der Waals surface area contributed by atoms with Crippen molar-refractivity contribution in [2.45, 2.75) is 44.1 Å². The highest BCUT2D eigenvalue weighted by atomic mass is 16.3. The summed E-state index contributed by atoms with van der Waals surface area (Å²) in [5.41, 5.74) is 1.33. The van der Waals surface area contributed by atoms with Crippen LogP contribution in [0.2, 0.25) is 0 Å². The van der Waals surface area contributed by atoms with Crippen LogP contribution >= 0.6 is 0 Å². The van der Waals surface area contributed by atoms with E-state index in [1.165, 1.54) is 30.8 Å². The molecule has 1 aromatic heterocycles. The van der Waals surface area contributed by atoms with Gasteiger partial charge in [0.1, 0.15) is 5.82 Å². The lowest BCUT2D eigenvalue weighted by Gasteiger charge is -2.25. The fraction of sp³-hybridized carbons (Fsp3) is 0.727. The second-order valence-electron chi connectivity index (χ2n) is 4.48. The maximum atomic E-state index is 9.33. The largest absolute Gasteiger partial charge is 0.394 e. The minimum atomic E-state index is 0.267. The molecule has 1 aliphatic heterocycles. The lowest BCUT2D eigenvalue weighted by atomic mass is 10.0. The number of imidazole rings is 1. The maximum absolute atomic E-state index is 9.33. The summed E-state index contributed by atoms with van der Waals surface area (Å²) in [6.07, 6.45) is 8.02. The van der Waals surface area contributed by atoms with Gasteiger partial charge in [0.05, 0.1) is 12.6 Å². The smallest absolute Gasteiger partial charge is 0.112 e. The lowest BCUT2D eigenvalue weighted by molar-refractivity contribution is 0.204. The molecule has 1 fully saturated rings. The molecule has 76 valence electrons. The minimum Gasteiger partial charge on any atom is -0.394 e. The molecule has 3 nitrogen and oxygen atoms in total. The Morgan fingerprint density at radius 3 is 3.00 bits per heavy atom. The van der Waals surface area contributed by atoms with Crippen LogP contribution < -0.4 is 0 Å². The van der Waals surface area contributed by atoms with Crippen molar-refractivity contribution >= 4 is 0 Å². The topological polar surface area (TPSA) is 38.1 Å². The molecule has 0 radical (unpaired) electrons. The summed E-state index contributed by atoms with van der Waals surface area (Å²) in [6.45, 7) is 0.267. The predicted molar refractivity (Wildman–Crippen MR) is 53.3 cm³/mol. The highest BCUT2D eigenvalue weighted by Gasteiger charge is 2.32. The van der Waals surface area contributed by atoms with Crippen molar-refractivity contribution in [1.82, 2.24) is 9.55 Å². The molecule has 0 spiro atoms. The van der Waals surface area contributed by atoms with Crippen LogP contribution in [0.3, 0.4) is 0 Å². The Morgan fingerprint density at radius 2 is 2.29 bits per heavy atom. The van der Waals surface area contributed by atoms with Crippen LogP contribution in [0.15, 0.2) is 6.20 Å². The predicted octanol–water partition coefficient (Wildman–Crippen LogP) is 1.63. The molecule has 14 heavy (non-hydrogen) atoms. The average molecular weight is 192 g/mol. The van der Waals surface area contributed by atoms with Gasteiger partial charge in [0, 0.05) is 17.8 Å². The van der Waals surface area contributed by atoms with Gasteiger partial charge >= 0.3 is 0 Å². The highest BCUT2D eigenvalue weighted by Crippen LogP contribution is 2.42. The van der Waals surface area contributed by atoms with Crippen molar-refractivity contribution in [3.8, 4) is 0 Å². The van der Waals surface area contributed by atoms with Gasteiger partial charge < -0.3 is 9.67 Å². The fourth-order valence-electron chi connectivity index (χ4n) is 2.48. The van der Waals surface area contributed by atoms with Gasteiger partial charge in [0.2, 0.25) is 0 Å². The van der Waals surface area contributed by atoms with Gasteiger partial charge in [-0.1, -0.05) is 0 Å². The number of aromatic nitrogens is 2. The third-order valence-electron chi connectivity index (χ3n) is 3.39. The van der Waals surface area contributed by atoms with Crippen LogP contribution in [0.4, 0.5) is 0 Å². The Morgan fingerprint density at radius 1 is 1.43 bits per heavy atom. The molecule has 1 atom stereocenters. The van der Waals surface area contributed by atoms with Crippen molar-refractivity contribution in [1.29, 1.82) is 0 Å². The van der Waals surface area contributed by atoms with Crippen molar-refractivity contribution < 1.29 is 5.11 Å². The van der Waals surface area contributed by atoms with Crippen molar-refractivity contribution in [3.05, 3.63) is 17.7 Å². The molecule has 1 N–H and O–H groups in total. The van der Waals surface area contributed by atoms with E-state index in [4.69, 9.17) is 0 Å². The van der Waals surface area contributed by atoms with Gasteiger partial charge in [0.15, 0.2) is 0 Å². The van der Waals surface area contributed by atoms with E-state index in [1.54, 1.807) is 0 Å². The number of aliphatic hydroxyl groups is 1. The monoisotopic (exact) mass is 192 g/mol. The second kappa shape index (κ2) is 3.09. The van der Waals surface area contributed by atoms with E-state index in [0.717, 1.165) is 12.8 Å². The van der Waals surface area contributed by atoms with Crippen LogP contribution in [-0.2, 0) is 6.42 Å². The van der Waals surface area contributed by atoms with Gasteiger partial charge in [0.25, 0.3) is 0 Å². The summed E-state index contributed by atoms with van der Waals surface area (Å²) in [6, 6.07) is 0.303. The average Bonchev–Trinajstić information content (AvgIpc) is 2.97. The van der Waals surface area contributed by atoms with E-state index in [-0.39, 0.29) is 6.61 Å². The van der Waals surface area contributed by atoms with Crippen LogP contribution in [0.25, 0.3) is 0 Å². The van der Waals surface area contributed by atoms with Gasteiger partial charge in [-0.2, -0.15) is 0 Å². The molecule has 1 unspecified atom stereocenters. The highest BCUT2D eigenvalue weighted by molar-refractivity contribution is 5.16. The first-order valence-electron chi connectivity index (χ1n) is 5.57. The van der Waals surface area contributed by atoms with E-state index in [1.807, 2.05) is 6.20 Å². The van der Waals surface area contributed by atoms with Gasteiger partial charge in [-0.3, -0.25) is 0 Å². The first-order chi connectivity index (χ1) is 6.90. The van der Waals surface area contributed by atoms with Gasteiger partial charge in [-0.15, -0.1) is 0 Å². The number of nitrogens with zero attached hydrogens (tertiary/aromatic N) is 2. The zero-order valence-corrected chi connectivity index (χ0v) is 8.32. The molecule has 1 saturated carbocycles. The molecule has 0 bridgehead atoms. The molecule has 3 rings (SSSR count). The lowest BCUT2D eigenvalue weighted by Crippen LogP contribution is -2.22. The van der Waals surface area contributed by atoms with Crippen LogP contribution in [-0.4, -0.2) is 21.3 Å². The normalized spacial score (nSPS) is 26.2. The van der Waals surface area contributed by atoms with E-state index in [9.17, 15) is 5.11 Å².